The molecule has 0 radical (unpaired) electrons. The highest BCUT2D eigenvalue weighted by Gasteiger charge is 2.22. The number of hydrogen-bond donors (Lipinski definition) is 2. The van der Waals surface area contributed by atoms with Crippen LogP contribution in [0.2, 0.25) is 0 Å². The van der Waals surface area contributed by atoms with Crippen molar-refractivity contribution >= 4 is 0 Å². The molecule has 1 aliphatic heterocycles. The van der Waals surface area contributed by atoms with Gasteiger partial charge in [0.05, 0.1) is 6.10 Å². The molecule has 0 aliphatic carbocycles. The van der Waals surface area contributed by atoms with Gasteiger partial charge in [0, 0.05) is 19.1 Å². The maximum absolute atomic E-state index is 11.7. The van der Waals surface area contributed by atoms with E-state index in [1.165, 1.54) is 0 Å². The summed E-state index contributed by atoms with van der Waals surface area (Å²) >= 11 is 0. The fourth-order valence-corrected chi connectivity index (χ4v) is 1.35. The summed E-state index contributed by atoms with van der Waals surface area (Å²) in [5.41, 5.74) is 5.40. The normalized spacial score (nSPS) is 31.0. The van der Waals surface area contributed by atoms with E-state index in [-0.39, 0.29) is 12.1 Å². The summed E-state index contributed by atoms with van der Waals surface area (Å²) < 4.78 is 27.8. The lowest BCUT2D eigenvalue weighted by Crippen LogP contribution is -2.46. The lowest BCUT2D eigenvalue weighted by atomic mass is 10.0. The van der Waals surface area contributed by atoms with Crippen molar-refractivity contribution in [2.24, 2.45) is 5.73 Å². The van der Waals surface area contributed by atoms with E-state index in [2.05, 4.69) is 10.1 Å². The fraction of sp³-hybridized carbons (Fsp3) is 1.00. The molecule has 0 bridgehead atoms. The second-order valence-corrected chi connectivity index (χ2v) is 2.94. The van der Waals surface area contributed by atoms with Gasteiger partial charge in [0.15, 0.2) is 0 Å². The van der Waals surface area contributed by atoms with Crippen LogP contribution in [0.4, 0.5) is 8.78 Å². The van der Waals surface area contributed by atoms with Crippen LogP contribution in [0.3, 0.4) is 0 Å². The molecule has 2 atom stereocenters. The Kier molecular flexibility index (Phi) is 3.84. The van der Waals surface area contributed by atoms with Crippen molar-refractivity contribution in [3.63, 3.8) is 0 Å². The molecule has 0 aromatic rings. The highest BCUT2D eigenvalue weighted by Crippen LogP contribution is 2.13. The van der Waals surface area contributed by atoms with Gasteiger partial charge in [0.1, 0.15) is 0 Å². The maximum Gasteiger partial charge on any atom is 0.345 e. The number of piperidine rings is 1. The molecule has 0 spiro atoms. The molecule has 72 valence electrons. The molecular weight excluding hydrogens is 166 g/mol. The number of rotatable bonds is 3. The second kappa shape index (κ2) is 4.69. The first-order valence-corrected chi connectivity index (χ1v) is 4.09. The minimum absolute atomic E-state index is 0.266. The molecule has 0 saturated carbocycles. The fourth-order valence-electron chi connectivity index (χ4n) is 1.35. The minimum atomic E-state index is -2.66. The average molecular weight is 180 g/mol. The highest BCUT2D eigenvalue weighted by atomic mass is 19.3. The monoisotopic (exact) mass is 180 g/mol. The van der Waals surface area contributed by atoms with Gasteiger partial charge in [0.25, 0.3) is 0 Å². The summed E-state index contributed by atoms with van der Waals surface area (Å²) in [6.07, 6.45) is 1.13. The molecule has 12 heavy (non-hydrogen) atoms. The summed E-state index contributed by atoms with van der Waals surface area (Å²) in [4.78, 5) is 0. The van der Waals surface area contributed by atoms with Gasteiger partial charge in [-0.15, -0.1) is 0 Å². The highest BCUT2D eigenvalue weighted by molar-refractivity contribution is 4.78. The molecule has 0 amide bonds. The third-order valence-corrected chi connectivity index (χ3v) is 2.05. The van der Waals surface area contributed by atoms with Gasteiger partial charge in [-0.3, -0.25) is 0 Å². The first-order valence-electron chi connectivity index (χ1n) is 4.09. The minimum Gasteiger partial charge on any atom is -0.329 e. The van der Waals surface area contributed by atoms with Gasteiger partial charge in [-0.25, -0.2) is 0 Å². The number of ether oxygens (including phenoxy) is 1. The van der Waals surface area contributed by atoms with Crippen LogP contribution in [-0.2, 0) is 4.74 Å². The third kappa shape index (κ3) is 3.00. The summed E-state index contributed by atoms with van der Waals surface area (Å²) in [7, 11) is 0. The average Bonchev–Trinajstić information content (AvgIpc) is 2.05. The Balaban J connectivity index is 2.17. The number of nitrogens with two attached hydrogens (primary N) is 1. The van der Waals surface area contributed by atoms with E-state index in [0.29, 0.717) is 19.5 Å². The van der Waals surface area contributed by atoms with Crippen molar-refractivity contribution in [3.8, 4) is 0 Å². The molecule has 1 rings (SSSR count). The quantitative estimate of drug-likeness (QED) is 0.657. The van der Waals surface area contributed by atoms with Crippen molar-refractivity contribution in [1.82, 2.24) is 5.32 Å². The van der Waals surface area contributed by atoms with Gasteiger partial charge < -0.3 is 15.8 Å². The zero-order valence-electron chi connectivity index (χ0n) is 6.80. The lowest BCUT2D eigenvalue weighted by molar-refractivity contribution is -0.167. The van der Waals surface area contributed by atoms with Crippen molar-refractivity contribution < 1.29 is 13.5 Å². The summed E-state index contributed by atoms with van der Waals surface area (Å²) in [6, 6.07) is 0.266. The molecule has 3 N–H and O–H groups in total. The first-order chi connectivity index (χ1) is 5.72. The number of alkyl halides is 2. The summed E-state index contributed by atoms with van der Waals surface area (Å²) in [5, 5.41) is 3.04. The van der Waals surface area contributed by atoms with Gasteiger partial charge in [-0.2, -0.15) is 8.78 Å². The predicted molar refractivity (Wildman–Crippen MR) is 41.0 cm³/mol. The van der Waals surface area contributed by atoms with Crippen molar-refractivity contribution in [1.29, 1.82) is 0 Å². The Labute approximate surface area is 70.3 Å². The Bertz CT molecular complexity index is 127. The Morgan fingerprint density at radius 2 is 2.25 bits per heavy atom. The van der Waals surface area contributed by atoms with Crippen LogP contribution in [0.25, 0.3) is 0 Å². The van der Waals surface area contributed by atoms with E-state index in [0.717, 1.165) is 6.42 Å². The topological polar surface area (TPSA) is 47.3 Å². The molecule has 1 saturated heterocycles. The smallest absolute Gasteiger partial charge is 0.329 e. The SMILES string of the molecule is NCC1CCC(OC(F)F)CN1. The molecule has 2 unspecified atom stereocenters. The van der Waals surface area contributed by atoms with Crippen molar-refractivity contribution in [3.05, 3.63) is 0 Å². The summed E-state index contributed by atoms with van der Waals surface area (Å²) in [6.45, 7) is -1.63. The van der Waals surface area contributed by atoms with Gasteiger partial charge >= 0.3 is 6.61 Å². The van der Waals surface area contributed by atoms with Gasteiger partial charge in [-0.05, 0) is 12.8 Å². The van der Waals surface area contributed by atoms with E-state index in [1.54, 1.807) is 0 Å². The third-order valence-electron chi connectivity index (χ3n) is 2.05. The molecule has 1 fully saturated rings. The zero-order valence-corrected chi connectivity index (χ0v) is 6.80. The molecular formula is C7H14F2N2O. The van der Waals surface area contributed by atoms with Gasteiger partial charge in [-0.1, -0.05) is 0 Å². The Morgan fingerprint density at radius 3 is 2.67 bits per heavy atom. The van der Waals surface area contributed by atoms with E-state index >= 15 is 0 Å². The summed E-state index contributed by atoms with van der Waals surface area (Å²) in [5.74, 6) is 0. The van der Waals surface area contributed by atoms with Gasteiger partial charge in [0.2, 0.25) is 0 Å². The van der Waals surface area contributed by atoms with Crippen LogP contribution in [0.5, 0.6) is 0 Å². The van der Waals surface area contributed by atoms with Crippen LogP contribution in [-0.4, -0.2) is 31.8 Å². The van der Waals surface area contributed by atoms with E-state index in [4.69, 9.17) is 5.73 Å². The van der Waals surface area contributed by atoms with Crippen LogP contribution in [0.15, 0.2) is 0 Å². The zero-order chi connectivity index (χ0) is 8.97. The van der Waals surface area contributed by atoms with Crippen LogP contribution < -0.4 is 11.1 Å². The van der Waals surface area contributed by atoms with E-state index in [1.807, 2.05) is 0 Å². The molecule has 1 heterocycles. The first kappa shape index (κ1) is 9.83. The number of nitrogens with one attached hydrogen (secondary N) is 1. The second-order valence-electron chi connectivity index (χ2n) is 2.94. The van der Waals surface area contributed by atoms with Crippen LogP contribution >= 0.6 is 0 Å². The Hall–Kier alpha value is -0.260. The molecule has 3 nitrogen and oxygen atoms in total. The molecule has 5 heteroatoms. The number of halogens is 2. The predicted octanol–water partition coefficient (Wildman–Crippen LogP) is 0.305. The lowest BCUT2D eigenvalue weighted by Gasteiger charge is -2.28. The van der Waals surface area contributed by atoms with E-state index in [9.17, 15) is 8.78 Å². The van der Waals surface area contributed by atoms with Crippen LogP contribution in [0, 0.1) is 0 Å². The largest absolute Gasteiger partial charge is 0.345 e. The molecule has 0 aromatic carbocycles. The van der Waals surface area contributed by atoms with E-state index < -0.39 is 6.61 Å². The Morgan fingerprint density at radius 1 is 1.50 bits per heavy atom. The standard InChI is InChI=1S/C7H14F2N2O/c8-7(9)12-6-2-1-5(3-10)11-4-6/h5-7,11H,1-4,10H2. The molecule has 0 aromatic heterocycles. The van der Waals surface area contributed by atoms with Crippen LogP contribution in [0.1, 0.15) is 12.8 Å². The van der Waals surface area contributed by atoms with Crippen molar-refractivity contribution in [2.75, 3.05) is 13.1 Å². The number of hydrogen-bond acceptors (Lipinski definition) is 3. The van der Waals surface area contributed by atoms with Crippen molar-refractivity contribution in [2.45, 2.75) is 31.6 Å². The molecule has 1 aliphatic rings. The maximum atomic E-state index is 11.7.